The van der Waals surface area contributed by atoms with E-state index in [2.05, 4.69) is 0 Å². The minimum absolute atomic E-state index is 0.103. The second-order valence-corrected chi connectivity index (χ2v) is 3.63. The van der Waals surface area contributed by atoms with E-state index in [-0.39, 0.29) is 11.3 Å². The Morgan fingerprint density at radius 1 is 1.24 bits per heavy atom. The van der Waals surface area contributed by atoms with Crippen LogP contribution in [0.5, 0.6) is 11.5 Å². The number of benzene rings is 1. The van der Waals surface area contributed by atoms with Crippen LogP contribution in [-0.4, -0.2) is 24.9 Å². The number of primary amides is 1. The van der Waals surface area contributed by atoms with Crippen molar-refractivity contribution in [3.63, 3.8) is 0 Å². The first-order chi connectivity index (χ1) is 7.93. The summed E-state index contributed by atoms with van der Waals surface area (Å²) in [5.74, 6) is 0.144. The molecule has 0 heterocycles. The molecule has 0 bridgehead atoms. The van der Waals surface area contributed by atoms with Gasteiger partial charge in [-0.1, -0.05) is 0 Å². The van der Waals surface area contributed by atoms with E-state index < -0.39 is 12.0 Å². The first-order valence-electron chi connectivity index (χ1n) is 5.10. The molecular weight excluding hydrogens is 222 g/mol. The molecule has 5 nitrogen and oxygen atoms in total. The van der Waals surface area contributed by atoms with Crippen molar-refractivity contribution >= 4 is 11.7 Å². The van der Waals surface area contributed by atoms with E-state index in [0.717, 1.165) is 0 Å². The third-order valence-corrected chi connectivity index (χ3v) is 2.29. The predicted molar refractivity (Wildman–Crippen MR) is 62.3 cm³/mol. The third kappa shape index (κ3) is 3.48. The molecule has 0 aromatic heterocycles. The Labute approximate surface area is 99.5 Å². The molecule has 0 aliphatic carbocycles. The maximum Gasteiger partial charge on any atom is 0.248 e. The number of carbonyl (C=O) groups excluding carboxylic acids is 2. The molecule has 17 heavy (non-hydrogen) atoms. The Bertz CT molecular complexity index is 442. The van der Waals surface area contributed by atoms with E-state index in [0.29, 0.717) is 11.5 Å². The zero-order chi connectivity index (χ0) is 13.0. The average molecular weight is 237 g/mol. The molecule has 1 atom stereocenters. The highest BCUT2D eigenvalue weighted by atomic mass is 16.5. The van der Waals surface area contributed by atoms with Crippen LogP contribution in [0.1, 0.15) is 24.2 Å². The first-order valence-corrected chi connectivity index (χ1v) is 5.10. The summed E-state index contributed by atoms with van der Waals surface area (Å²) in [5.41, 5.74) is 5.45. The van der Waals surface area contributed by atoms with Gasteiger partial charge in [0, 0.05) is 11.6 Å². The highest BCUT2D eigenvalue weighted by molar-refractivity contribution is 5.93. The Morgan fingerprint density at radius 2 is 1.82 bits per heavy atom. The summed E-state index contributed by atoms with van der Waals surface area (Å²) >= 11 is 0. The number of nitrogens with two attached hydrogens (primary N) is 1. The van der Waals surface area contributed by atoms with Gasteiger partial charge >= 0.3 is 0 Å². The number of hydrogen-bond donors (Lipinski definition) is 1. The minimum atomic E-state index is -0.581. The largest absolute Gasteiger partial charge is 0.497 e. The Kier molecular flexibility index (Phi) is 4.09. The summed E-state index contributed by atoms with van der Waals surface area (Å²) in [5, 5.41) is 0. The van der Waals surface area contributed by atoms with Crippen LogP contribution in [0.3, 0.4) is 0 Å². The molecule has 2 N–H and O–H groups in total. The van der Waals surface area contributed by atoms with E-state index >= 15 is 0 Å². The van der Waals surface area contributed by atoms with Crippen molar-refractivity contribution in [1.29, 1.82) is 0 Å². The Morgan fingerprint density at radius 3 is 2.29 bits per heavy atom. The molecule has 0 fully saturated rings. The molecule has 1 amide bonds. The number of carbonyl (C=O) groups is 2. The van der Waals surface area contributed by atoms with Gasteiger partial charge in [-0.3, -0.25) is 9.59 Å². The van der Waals surface area contributed by atoms with Crippen LogP contribution in [0, 0.1) is 0 Å². The number of amides is 1. The maximum absolute atomic E-state index is 11.1. The standard InChI is InChI=1S/C12H15NO4/c1-7(14)8(2)17-11-5-9(12(13)15)4-10(6-11)16-3/h4-6,8H,1-3H3,(H2,13,15). The highest BCUT2D eigenvalue weighted by Gasteiger charge is 2.12. The molecule has 1 aromatic carbocycles. The fourth-order valence-corrected chi connectivity index (χ4v) is 1.19. The molecular formula is C12H15NO4. The van der Waals surface area contributed by atoms with E-state index in [1.54, 1.807) is 13.0 Å². The first kappa shape index (κ1) is 13.0. The van der Waals surface area contributed by atoms with Gasteiger partial charge in [0.25, 0.3) is 0 Å². The molecule has 0 aliphatic rings. The number of Topliss-reactive ketones (excluding diaryl/α,β-unsaturated/α-hetero) is 1. The van der Waals surface area contributed by atoms with Gasteiger partial charge < -0.3 is 15.2 Å². The molecule has 0 radical (unpaired) electrons. The number of ether oxygens (including phenoxy) is 2. The smallest absolute Gasteiger partial charge is 0.248 e. The van der Waals surface area contributed by atoms with Crippen molar-refractivity contribution in [3.05, 3.63) is 23.8 Å². The van der Waals surface area contributed by atoms with Gasteiger partial charge in [-0.05, 0) is 26.0 Å². The maximum atomic E-state index is 11.1. The van der Waals surface area contributed by atoms with Crippen LogP contribution in [0.25, 0.3) is 0 Å². The van der Waals surface area contributed by atoms with Crippen LogP contribution < -0.4 is 15.2 Å². The minimum Gasteiger partial charge on any atom is -0.497 e. The van der Waals surface area contributed by atoms with Crippen molar-refractivity contribution in [2.75, 3.05) is 7.11 Å². The lowest BCUT2D eigenvalue weighted by Gasteiger charge is -2.13. The quantitative estimate of drug-likeness (QED) is 0.833. The summed E-state index contributed by atoms with van der Waals surface area (Å²) in [7, 11) is 1.47. The van der Waals surface area contributed by atoms with Crippen molar-refractivity contribution in [2.45, 2.75) is 20.0 Å². The Balaban J connectivity index is 3.02. The van der Waals surface area contributed by atoms with Crippen molar-refractivity contribution < 1.29 is 19.1 Å². The fraction of sp³-hybridized carbons (Fsp3) is 0.333. The molecule has 0 aliphatic heterocycles. The summed E-state index contributed by atoms with van der Waals surface area (Å²) in [4.78, 5) is 22.2. The van der Waals surface area contributed by atoms with Crippen LogP contribution in [0.2, 0.25) is 0 Å². The van der Waals surface area contributed by atoms with Gasteiger partial charge in [-0.25, -0.2) is 0 Å². The predicted octanol–water partition coefficient (Wildman–Crippen LogP) is 1.15. The summed E-state index contributed by atoms with van der Waals surface area (Å²) in [6, 6.07) is 4.57. The van der Waals surface area contributed by atoms with Crippen LogP contribution in [0.4, 0.5) is 0 Å². The average Bonchev–Trinajstić information content (AvgIpc) is 2.28. The molecule has 1 unspecified atom stereocenters. The normalized spacial score (nSPS) is 11.7. The Hall–Kier alpha value is -2.04. The number of rotatable bonds is 5. The summed E-state index contributed by atoms with van der Waals surface area (Å²) in [6.45, 7) is 3.06. The van der Waals surface area contributed by atoms with Gasteiger partial charge in [0.2, 0.25) is 5.91 Å². The van der Waals surface area contributed by atoms with Crippen LogP contribution >= 0.6 is 0 Å². The van der Waals surface area contributed by atoms with Gasteiger partial charge in [-0.2, -0.15) is 0 Å². The second kappa shape index (κ2) is 5.34. The number of hydrogen-bond acceptors (Lipinski definition) is 4. The van der Waals surface area contributed by atoms with Gasteiger partial charge in [0.1, 0.15) is 11.5 Å². The third-order valence-electron chi connectivity index (χ3n) is 2.29. The lowest BCUT2D eigenvalue weighted by molar-refractivity contribution is -0.122. The van der Waals surface area contributed by atoms with E-state index in [4.69, 9.17) is 15.2 Å². The second-order valence-electron chi connectivity index (χ2n) is 3.63. The van der Waals surface area contributed by atoms with E-state index in [9.17, 15) is 9.59 Å². The topological polar surface area (TPSA) is 78.6 Å². The zero-order valence-corrected chi connectivity index (χ0v) is 10.0. The summed E-state index contributed by atoms with van der Waals surface area (Å²) < 4.78 is 10.4. The van der Waals surface area contributed by atoms with Crippen LogP contribution in [-0.2, 0) is 4.79 Å². The van der Waals surface area contributed by atoms with Crippen molar-refractivity contribution in [1.82, 2.24) is 0 Å². The van der Waals surface area contributed by atoms with Gasteiger partial charge in [0.15, 0.2) is 11.9 Å². The summed E-state index contributed by atoms with van der Waals surface area (Å²) in [6.07, 6.45) is -0.581. The fourth-order valence-electron chi connectivity index (χ4n) is 1.19. The van der Waals surface area contributed by atoms with Crippen molar-refractivity contribution in [2.24, 2.45) is 5.73 Å². The monoisotopic (exact) mass is 237 g/mol. The van der Waals surface area contributed by atoms with E-state index in [1.165, 1.54) is 26.2 Å². The molecule has 0 saturated heterocycles. The molecule has 5 heteroatoms. The molecule has 0 saturated carbocycles. The number of ketones is 1. The lowest BCUT2D eigenvalue weighted by atomic mass is 10.2. The highest BCUT2D eigenvalue weighted by Crippen LogP contribution is 2.23. The van der Waals surface area contributed by atoms with Gasteiger partial charge in [0.05, 0.1) is 7.11 Å². The van der Waals surface area contributed by atoms with E-state index in [1.807, 2.05) is 0 Å². The molecule has 1 rings (SSSR count). The van der Waals surface area contributed by atoms with Crippen LogP contribution in [0.15, 0.2) is 18.2 Å². The zero-order valence-electron chi connectivity index (χ0n) is 10.0. The van der Waals surface area contributed by atoms with Crippen molar-refractivity contribution in [3.8, 4) is 11.5 Å². The molecule has 1 aromatic rings. The molecule has 0 spiro atoms. The SMILES string of the molecule is COc1cc(OC(C)C(C)=O)cc(C(N)=O)c1. The number of methoxy groups -OCH3 is 1. The van der Waals surface area contributed by atoms with Gasteiger partial charge in [-0.15, -0.1) is 0 Å². The molecule has 92 valence electrons. The lowest BCUT2D eigenvalue weighted by Crippen LogP contribution is -2.21.